The summed E-state index contributed by atoms with van der Waals surface area (Å²) in [7, 11) is 0. The standard InChI is InChI=1S/C6H8N4O2/c7-10-6(11)4-1-2-9-3-5(4)12-8/h1-3H,7-8H2,(H,10,11). The van der Waals surface area contributed by atoms with E-state index in [0.717, 1.165) is 0 Å². The van der Waals surface area contributed by atoms with Crippen molar-refractivity contribution >= 4 is 5.91 Å². The highest BCUT2D eigenvalue weighted by molar-refractivity contribution is 5.96. The van der Waals surface area contributed by atoms with E-state index in [9.17, 15) is 4.79 Å². The molecule has 0 aromatic carbocycles. The Kier molecular flexibility index (Phi) is 2.57. The van der Waals surface area contributed by atoms with Gasteiger partial charge < -0.3 is 4.84 Å². The van der Waals surface area contributed by atoms with Gasteiger partial charge in [0.25, 0.3) is 5.91 Å². The molecule has 0 aliphatic rings. The van der Waals surface area contributed by atoms with Crippen LogP contribution < -0.4 is 22.0 Å². The summed E-state index contributed by atoms with van der Waals surface area (Å²) >= 11 is 0. The van der Waals surface area contributed by atoms with Crippen LogP contribution in [0.2, 0.25) is 0 Å². The van der Waals surface area contributed by atoms with E-state index in [1.165, 1.54) is 18.5 Å². The van der Waals surface area contributed by atoms with Crippen molar-refractivity contribution in [1.82, 2.24) is 10.4 Å². The molecular weight excluding hydrogens is 160 g/mol. The Morgan fingerprint density at radius 3 is 3.00 bits per heavy atom. The molecule has 0 aliphatic heterocycles. The molecule has 1 amide bonds. The van der Waals surface area contributed by atoms with Gasteiger partial charge >= 0.3 is 0 Å². The fourth-order valence-corrected chi connectivity index (χ4v) is 0.739. The van der Waals surface area contributed by atoms with Gasteiger partial charge in [0.15, 0.2) is 5.75 Å². The van der Waals surface area contributed by atoms with Crippen LogP contribution in [0.15, 0.2) is 18.5 Å². The molecule has 0 bridgehead atoms. The largest absolute Gasteiger partial charge is 0.409 e. The fraction of sp³-hybridized carbons (Fsp3) is 0. The van der Waals surface area contributed by atoms with Crippen molar-refractivity contribution in [2.24, 2.45) is 11.7 Å². The minimum absolute atomic E-state index is 0.181. The number of nitrogens with one attached hydrogen (secondary N) is 1. The third-order valence-electron chi connectivity index (χ3n) is 1.29. The maximum atomic E-state index is 11.0. The molecule has 0 atom stereocenters. The lowest BCUT2D eigenvalue weighted by atomic mass is 10.2. The Labute approximate surface area is 68.4 Å². The maximum Gasteiger partial charge on any atom is 0.269 e. The van der Waals surface area contributed by atoms with E-state index < -0.39 is 5.91 Å². The van der Waals surface area contributed by atoms with Crippen LogP contribution in [0, 0.1) is 0 Å². The van der Waals surface area contributed by atoms with Crippen LogP contribution in [0.3, 0.4) is 0 Å². The number of carbonyl (C=O) groups is 1. The first-order chi connectivity index (χ1) is 5.79. The van der Waals surface area contributed by atoms with Crippen molar-refractivity contribution < 1.29 is 9.63 Å². The Hall–Kier alpha value is -1.66. The van der Waals surface area contributed by atoms with E-state index in [0.29, 0.717) is 0 Å². The van der Waals surface area contributed by atoms with Gasteiger partial charge in [-0.25, -0.2) is 5.84 Å². The number of nitrogens with two attached hydrogens (primary N) is 2. The van der Waals surface area contributed by atoms with Gasteiger partial charge in [-0.3, -0.25) is 15.2 Å². The van der Waals surface area contributed by atoms with Crippen molar-refractivity contribution in [1.29, 1.82) is 0 Å². The van der Waals surface area contributed by atoms with Crippen LogP contribution >= 0.6 is 0 Å². The SMILES string of the molecule is NNC(=O)c1ccncc1ON. The zero-order chi connectivity index (χ0) is 8.97. The molecule has 1 rings (SSSR count). The van der Waals surface area contributed by atoms with Crippen molar-refractivity contribution in [3.8, 4) is 5.75 Å². The number of carbonyl (C=O) groups excluding carboxylic acids is 1. The number of amides is 1. The van der Waals surface area contributed by atoms with Gasteiger partial charge in [0.2, 0.25) is 0 Å². The first-order valence-corrected chi connectivity index (χ1v) is 3.11. The first-order valence-electron chi connectivity index (χ1n) is 3.11. The molecule has 6 heteroatoms. The third kappa shape index (κ3) is 1.49. The number of aromatic nitrogens is 1. The molecule has 0 saturated heterocycles. The summed E-state index contributed by atoms with van der Waals surface area (Å²) in [5, 5.41) is 0. The van der Waals surface area contributed by atoms with Crippen LogP contribution in [0.5, 0.6) is 5.75 Å². The summed E-state index contributed by atoms with van der Waals surface area (Å²) in [5.41, 5.74) is 2.20. The number of hydrogen-bond donors (Lipinski definition) is 3. The summed E-state index contributed by atoms with van der Waals surface area (Å²) < 4.78 is 0. The summed E-state index contributed by atoms with van der Waals surface area (Å²) in [6.45, 7) is 0. The van der Waals surface area contributed by atoms with Crippen LogP contribution in [0.4, 0.5) is 0 Å². The monoisotopic (exact) mass is 168 g/mol. The first kappa shape index (κ1) is 8.44. The number of nitrogens with zero attached hydrogens (tertiary/aromatic N) is 1. The highest BCUT2D eigenvalue weighted by Gasteiger charge is 2.09. The lowest BCUT2D eigenvalue weighted by Crippen LogP contribution is -2.30. The number of hydrogen-bond acceptors (Lipinski definition) is 5. The topological polar surface area (TPSA) is 103 Å². The molecule has 0 spiro atoms. The molecule has 6 nitrogen and oxygen atoms in total. The minimum atomic E-state index is -0.474. The molecule has 12 heavy (non-hydrogen) atoms. The molecule has 1 heterocycles. The molecular formula is C6H8N4O2. The smallest absolute Gasteiger partial charge is 0.269 e. The number of hydrazine groups is 1. The Balaban J connectivity index is 3.04. The molecule has 1 aromatic rings. The summed E-state index contributed by atoms with van der Waals surface area (Å²) in [6.07, 6.45) is 2.76. The van der Waals surface area contributed by atoms with Gasteiger partial charge in [-0.1, -0.05) is 0 Å². The average molecular weight is 168 g/mol. The van der Waals surface area contributed by atoms with E-state index in [1.54, 1.807) is 0 Å². The van der Waals surface area contributed by atoms with Crippen LogP contribution in [-0.4, -0.2) is 10.9 Å². The van der Waals surface area contributed by atoms with E-state index in [2.05, 4.69) is 9.82 Å². The van der Waals surface area contributed by atoms with Crippen LogP contribution in [0.25, 0.3) is 0 Å². The minimum Gasteiger partial charge on any atom is -0.409 e. The van der Waals surface area contributed by atoms with Gasteiger partial charge in [0, 0.05) is 6.20 Å². The van der Waals surface area contributed by atoms with Crippen molar-refractivity contribution in [2.75, 3.05) is 0 Å². The van der Waals surface area contributed by atoms with Gasteiger partial charge in [-0.2, -0.15) is 5.90 Å². The van der Waals surface area contributed by atoms with Gasteiger partial charge in [-0.05, 0) is 6.07 Å². The second-order valence-corrected chi connectivity index (χ2v) is 1.96. The van der Waals surface area contributed by atoms with Crippen molar-refractivity contribution in [3.05, 3.63) is 24.0 Å². The van der Waals surface area contributed by atoms with Crippen LogP contribution in [0.1, 0.15) is 10.4 Å². The van der Waals surface area contributed by atoms with Crippen molar-refractivity contribution in [3.63, 3.8) is 0 Å². The Morgan fingerprint density at radius 1 is 1.67 bits per heavy atom. The quantitative estimate of drug-likeness (QED) is 0.296. The number of rotatable bonds is 2. The lowest BCUT2D eigenvalue weighted by molar-refractivity contribution is 0.0949. The van der Waals surface area contributed by atoms with E-state index >= 15 is 0 Å². The number of nitrogen functional groups attached to an aromatic ring is 1. The second kappa shape index (κ2) is 3.65. The molecule has 1 aromatic heterocycles. The molecule has 0 saturated carbocycles. The molecule has 0 radical (unpaired) electrons. The maximum absolute atomic E-state index is 11.0. The highest BCUT2D eigenvalue weighted by Crippen LogP contribution is 2.13. The molecule has 64 valence electrons. The van der Waals surface area contributed by atoms with E-state index in [1.807, 2.05) is 5.43 Å². The molecule has 0 fully saturated rings. The van der Waals surface area contributed by atoms with Gasteiger partial charge in [0.1, 0.15) is 0 Å². The summed E-state index contributed by atoms with van der Waals surface area (Å²) in [5.74, 6) is 9.50. The highest BCUT2D eigenvalue weighted by atomic mass is 16.6. The predicted octanol–water partition coefficient (Wildman–Crippen LogP) is -1.06. The third-order valence-corrected chi connectivity index (χ3v) is 1.29. The molecule has 5 N–H and O–H groups in total. The zero-order valence-electron chi connectivity index (χ0n) is 6.15. The normalized spacial score (nSPS) is 9.17. The number of pyridine rings is 1. The van der Waals surface area contributed by atoms with Crippen molar-refractivity contribution in [2.45, 2.75) is 0 Å². The van der Waals surface area contributed by atoms with Gasteiger partial charge in [0.05, 0.1) is 11.8 Å². The summed E-state index contributed by atoms with van der Waals surface area (Å²) in [4.78, 5) is 19.1. The summed E-state index contributed by atoms with van der Waals surface area (Å²) in [6, 6.07) is 1.45. The van der Waals surface area contributed by atoms with Gasteiger partial charge in [-0.15, -0.1) is 0 Å². The zero-order valence-corrected chi connectivity index (χ0v) is 6.15. The van der Waals surface area contributed by atoms with Crippen LogP contribution in [-0.2, 0) is 0 Å². The average Bonchev–Trinajstić information content (AvgIpc) is 2.16. The van der Waals surface area contributed by atoms with E-state index in [4.69, 9.17) is 11.7 Å². The Bertz CT molecular complexity index is 289. The second-order valence-electron chi connectivity index (χ2n) is 1.96. The Morgan fingerprint density at radius 2 is 2.42 bits per heavy atom. The predicted molar refractivity (Wildman–Crippen MR) is 40.7 cm³/mol. The molecule has 0 aliphatic carbocycles. The lowest BCUT2D eigenvalue weighted by Gasteiger charge is -2.03. The fourth-order valence-electron chi connectivity index (χ4n) is 0.739. The molecule has 0 unspecified atom stereocenters. The van der Waals surface area contributed by atoms with E-state index in [-0.39, 0.29) is 11.3 Å².